The average molecular weight is 371 g/mol. The molecule has 4 fully saturated rings. The van der Waals surface area contributed by atoms with E-state index in [9.17, 15) is 14.7 Å². The van der Waals surface area contributed by atoms with E-state index in [-0.39, 0.29) is 11.9 Å². The molecule has 2 unspecified atom stereocenters. The van der Waals surface area contributed by atoms with E-state index in [1.165, 1.54) is 0 Å². The molecule has 0 spiro atoms. The zero-order valence-corrected chi connectivity index (χ0v) is 16.4. The number of nitrogens with one attached hydrogen (secondary N) is 1. The Labute approximate surface area is 160 Å². The number of amides is 1. The van der Waals surface area contributed by atoms with E-state index < -0.39 is 17.1 Å². The van der Waals surface area contributed by atoms with Gasteiger partial charge in [-0.15, -0.1) is 0 Å². The Hall–Kier alpha value is -1.88. The predicted octanol–water partition coefficient (Wildman–Crippen LogP) is 3.50. The summed E-state index contributed by atoms with van der Waals surface area (Å²) in [7, 11) is 0. The second-order valence-electron chi connectivity index (χ2n) is 9.32. The van der Waals surface area contributed by atoms with Crippen LogP contribution in [0.3, 0.4) is 0 Å². The maximum Gasteiger partial charge on any atom is 0.312 e. The molecule has 0 aliphatic heterocycles. The Balaban J connectivity index is 1.43. The van der Waals surface area contributed by atoms with E-state index in [0.29, 0.717) is 18.3 Å². The van der Waals surface area contributed by atoms with Gasteiger partial charge in [0.15, 0.2) is 6.10 Å². The molecule has 27 heavy (non-hydrogen) atoms. The van der Waals surface area contributed by atoms with Gasteiger partial charge >= 0.3 is 5.97 Å². The standard InChI is InChI=1S/C22H29NO4/c1-13-4-5-14(2)18(6-13)23-19(24)15(3)27-20(25)21-8-16-7-17(9-21)11-22(26,10-16)12-21/h4-6,15-17,26H,7-12H2,1-3H3,(H,23,24)/t15-,16-,17+,21?,22?/m1/s1. The molecule has 0 radical (unpaired) electrons. The molecule has 5 heteroatoms. The smallest absolute Gasteiger partial charge is 0.312 e. The lowest BCUT2D eigenvalue weighted by atomic mass is 9.48. The molecule has 1 aromatic rings. The molecule has 146 valence electrons. The minimum atomic E-state index is -0.861. The van der Waals surface area contributed by atoms with Gasteiger partial charge in [-0.2, -0.15) is 0 Å². The minimum absolute atomic E-state index is 0.307. The number of carbonyl (C=O) groups is 2. The first kappa shape index (κ1) is 18.5. The fourth-order valence-corrected chi connectivity index (χ4v) is 5.90. The van der Waals surface area contributed by atoms with E-state index in [1.807, 2.05) is 32.0 Å². The molecule has 1 amide bonds. The number of rotatable bonds is 4. The number of benzene rings is 1. The van der Waals surface area contributed by atoms with Gasteiger partial charge in [-0.3, -0.25) is 9.59 Å². The highest BCUT2D eigenvalue weighted by Crippen LogP contribution is 2.62. The van der Waals surface area contributed by atoms with Crippen LogP contribution in [0.25, 0.3) is 0 Å². The van der Waals surface area contributed by atoms with Crippen LogP contribution in [0.1, 0.15) is 56.6 Å². The van der Waals surface area contributed by atoms with Crippen molar-refractivity contribution < 1.29 is 19.4 Å². The highest BCUT2D eigenvalue weighted by molar-refractivity contribution is 5.96. The van der Waals surface area contributed by atoms with Gasteiger partial charge in [0.05, 0.1) is 11.0 Å². The summed E-state index contributed by atoms with van der Waals surface area (Å²) in [5.74, 6) is 0.185. The van der Waals surface area contributed by atoms with E-state index >= 15 is 0 Å². The van der Waals surface area contributed by atoms with Crippen LogP contribution < -0.4 is 5.32 Å². The van der Waals surface area contributed by atoms with E-state index in [0.717, 1.165) is 48.9 Å². The van der Waals surface area contributed by atoms with Crippen LogP contribution in [0, 0.1) is 31.1 Å². The summed E-state index contributed by atoms with van der Waals surface area (Å²) in [5, 5.41) is 13.7. The molecule has 0 saturated heterocycles. The predicted molar refractivity (Wildman–Crippen MR) is 102 cm³/mol. The first-order valence-electron chi connectivity index (χ1n) is 10.00. The van der Waals surface area contributed by atoms with Gasteiger partial charge in [-0.05, 0) is 88.3 Å². The van der Waals surface area contributed by atoms with Crippen molar-refractivity contribution in [3.8, 4) is 0 Å². The molecule has 4 aliphatic carbocycles. The molecule has 2 N–H and O–H groups in total. The fourth-order valence-electron chi connectivity index (χ4n) is 5.90. The second kappa shape index (κ2) is 6.33. The van der Waals surface area contributed by atoms with Crippen LogP contribution in [-0.4, -0.2) is 28.7 Å². The lowest BCUT2D eigenvalue weighted by Gasteiger charge is -2.58. The van der Waals surface area contributed by atoms with Gasteiger partial charge in [0.25, 0.3) is 5.91 Å². The number of ether oxygens (including phenoxy) is 1. The van der Waals surface area contributed by atoms with Crippen molar-refractivity contribution in [3.05, 3.63) is 29.3 Å². The van der Waals surface area contributed by atoms with Crippen molar-refractivity contribution in [1.29, 1.82) is 0 Å². The fraction of sp³-hybridized carbons (Fsp3) is 0.636. The summed E-state index contributed by atoms with van der Waals surface area (Å²) >= 11 is 0. The van der Waals surface area contributed by atoms with Crippen LogP contribution in [0.15, 0.2) is 18.2 Å². The minimum Gasteiger partial charge on any atom is -0.452 e. The maximum absolute atomic E-state index is 13.0. The van der Waals surface area contributed by atoms with Gasteiger partial charge in [-0.1, -0.05) is 12.1 Å². The van der Waals surface area contributed by atoms with Crippen molar-refractivity contribution in [2.24, 2.45) is 17.3 Å². The lowest BCUT2D eigenvalue weighted by Crippen LogP contribution is -2.59. The van der Waals surface area contributed by atoms with Crippen molar-refractivity contribution in [3.63, 3.8) is 0 Å². The average Bonchev–Trinajstić information content (AvgIpc) is 2.55. The monoisotopic (exact) mass is 371 g/mol. The molecule has 0 aromatic heterocycles. The molecule has 5 atom stereocenters. The maximum atomic E-state index is 13.0. The number of aliphatic hydroxyl groups is 1. The molecule has 4 bridgehead atoms. The van der Waals surface area contributed by atoms with Crippen LogP contribution in [-0.2, 0) is 14.3 Å². The second-order valence-corrected chi connectivity index (χ2v) is 9.32. The number of hydrogen-bond donors (Lipinski definition) is 2. The van der Waals surface area contributed by atoms with Gasteiger partial charge in [0.2, 0.25) is 0 Å². The van der Waals surface area contributed by atoms with Crippen LogP contribution in [0.2, 0.25) is 0 Å². The SMILES string of the molecule is Cc1ccc(C)c(NC(=O)[C@@H](C)OC(=O)C23C[C@@H]4C[C@@H](CC(O)(C4)C2)C3)c1. The Bertz CT molecular complexity index is 773. The molecule has 5 rings (SSSR count). The van der Waals surface area contributed by atoms with Gasteiger partial charge < -0.3 is 15.2 Å². The summed E-state index contributed by atoms with van der Waals surface area (Å²) < 4.78 is 5.62. The van der Waals surface area contributed by atoms with Crippen molar-refractivity contribution in [1.82, 2.24) is 0 Å². The summed E-state index contributed by atoms with van der Waals surface area (Å²) in [6, 6.07) is 5.86. The summed E-state index contributed by atoms with van der Waals surface area (Å²) in [6.07, 6.45) is 3.92. The molecular formula is C22H29NO4. The van der Waals surface area contributed by atoms with E-state index in [4.69, 9.17) is 4.74 Å². The van der Waals surface area contributed by atoms with Crippen LogP contribution in [0.5, 0.6) is 0 Å². The van der Waals surface area contributed by atoms with Crippen LogP contribution in [0.4, 0.5) is 5.69 Å². The molecular weight excluding hydrogens is 342 g/mol. The zero-order chi connectivity index (χ0) is 19.4. The summed E-state index contributed by atoms with van der Waals surface area (Å²) in [5.41, 5.74) is 1.45. The number of carbonyl (C=O) groups excluding carboxylic acids is 2. The van der Waals surface area contributed by atoms with Gasteiger partial charge in [0, 0.05) is 5.69 Å². The highest BCUT2D eigenvalue weighted by Gasteiger charge is 2.61. The van der Waals surface area contributed by atoms with Crippen LogP contribution >= 0.6 is 0 Å². The Morgan fingerprint density at radius 2 is 1.85 bits per heavy atom. The first-order valence-corrected chi connectivity index (χ1v) is 10.00. The number of esters is 1. The molecule has 1 aromatic carbocycles. The Kier molecular flexibility index (Phi) is 4.34. The Morgan fingerprint density at radius 1 is 1.19 bits per heavy atom. The summed E-state index contributed by atoms with van der Waals surface area (Å²) in [4.78, 5) is 25.6. The van der Waals surface area contributed by atoms with Crippen molar-refractivity contribution >= 4 is 17.6 Å². The van der Waals surface area contributed by atoms with Crippen molar-refractivity contribution in [2.75, 3.05) is 5.32 Å². The van der Waals surface area contributed by atoms with Gasteiger partial charge in [0.1, 0.15) is 0 Å². The normalized spacial score (nSPS) is 35.0. The van der Waals surface area contributed by atoms with E-state index in [1.54, 1.807) is 6.92 Å². The number of aryl methyl sites for hydroxylation is 2. The first-order chi connectivity index (χ1) is 12.7. The third kappa shape index (κ3) is 3.38. The molecule has 4 aliphatic rings. The lowest BCUT2D eigenvalue weighted by molar-refractivity contribution is -0.199. The third-order valence-electron chi connectivity index (χ3n) is 6.77. The summed E-state index contributed by atoms with van der Waals surface area (Å²) in [6.45, 7) is 5.52. The molecule has 0 heterocycles. The number of hydrogen-bond acceptors (Lipinski definition) is 4. The topological polar surface area (TPSA) is 75.6 Å². The molecule has 5 nitrogen and oxygen atoms in total. The highest BCUT2D eigenvalue weighted by atomic mass is 16.5. The number of anilines is 1. The van der Waals surface area contributed by atoms with Gasteiger partial charge in [-0.25, -0.2) is 0 Å². The quantitative estimate of drug-likeness (QED) is 0.794. The van der Waals surface area contributed by atoms with E-state index in [2.05, 4.69) is 5.32 Å². The van der Waals surface area contributed by atoms with Crippen molar-refractivity contribution in [2.45, 2.75) is 71.0 Å². The largest absolute Gasteiger partial charge is 0.452 e. The molecule has 4 saturated carbocycles. The zero-order valence-electron chi connectivity index (χ0n) is 16.4. The Morgan fingerprint density at radius 3 is 2.48 bits per heavy atom. The third-order valence-corrected chi connectivity index (χ3v) is 6.77.